The Morgan fingerprint density at radius 1 is 1.30 bits per heavy atom. The average molecular weight is 317 g/mol. The van der Waals surface area contributed by atoms with Crippen LogP contribution in [0.25, 0.3) is 10.9 Å². The smallest absolute Gasteiger partial charge is 0.407 e. The Morgan fingerprint density at radius 3 is 2.65 bits per heavy atom. The number of aromatic nitrogens is 1. The lowest BCUT2D eigenvalue weighted by Gasteiger charge is -2.24. The molecule has 0 spiro atoms. The molecule has 0 bridgehead atoms. The highest BCUT2D eigenvalue weighted by molar-refractivity contribution is 5.83. The molecule has 0 radical (unpaired) electrons. The van der Waals surface area contributed by atoms with Crippen LogP contribution in [0.1, 0.15) is 32.8 Å². The number of carbonyl (C=O) groups excluding carboxylic acids is 2. The summed E-state index contributed by atoms with van der Waals surface area (Å²) in [6, 6.07) is 7.11. The minimum Gasteiger partial charge on any atom is -0.550 e. The number of carboxylic acid groups (broad SMARTS) is 1. The molecule has 0 saturated carbocycles. The van der Waals surface area contributed by atoms with E-state index in [-0.39, 0.29) is 6.42 Å². The summed E-state index contributed by atoms with van der Waals surface area (Å²) in [5.74, 6) is -1.22. The van der Waals surface area contributed by atoms with Crippen LogP contribution in [-0.2, 0) is 16.0 Å². The van der Waals surface area contributed by atoms with Gasteiger partial charge in [-0.3, -0.25) is 0 Å². The second-order valence-corrected chi connectivity index (χ2v) is 6.48. The van der Waals surface area contributed by atoms with E-state index in [4.69, 9.17) is 4.74 Å². The summed E-state index contributed by atoms with van der Waals surface area (Å²) >= 11 is 0. The zero-order valence-corrected chi connectivity index (χ0v) is 13.5. The summed E-state index contributed by atoms with van der Waals surface area (Å²) in [7, 11) is 0. The Bertz CT molecular complexity index is 700. The number of para-hydroxylation sites is 1. The fourth-order valence-electron chi connectivity index (χ4n) is 2.42. The molecule has 0 saturated heterocycles. The zero-order valence-electron chi connectivity index (χ0n) is 13.5. The van der Waals surface area contributed by atoms with Crippen molar-refractivity contribution in [1.82, 2.24) is 10.3 Å². The van der Waals surface area contributed by atoms with Crippen molar-refractivity contribution in [2.45, 2.75) is 45.3 Å². The molecule has 0 unspecified atom stereocenters. The number of carboxylic acids is 1. The molecule has 1 atom stereocenters. The minimum absolute atomic E-state index is 0.279. The number of nitrogens with one attached hydrogen (secondary N) is 2. The number of H-pyrrole nitrogens is 1. The number of hydrogen-bond donors (Lipinski definition) is 2. The quantitative estimate of drug-likeness (QED) is 0.878. The van der Waals surface area contributed by atoms with E-state index in [0.717, 1.165) is 16.5 Å². The fraction of sp³-hybridized carbons (Fsp3) is 0.412. The van der Waals surface area contributed by atoms with Crippen LogP contribution in [0.5, 0.6) is 0 Å². The Kier molecular flexibility index (Phi) is 4.93. The highest BCUT2D eigenvalue weighted by atomic mass is 16.6. The minimum atomic E-state index is -1.22. The van der Waals surface area contributed by atoms with Gasteiger partial charge in [-0.2, -0.15) is 0 Å². The van der Waals surface area contributed by atoms with Gasteiger partial charge in [0, 0.05) is 35.5 Å². The molecule has 1 aromatic heterocycles. The van der Waals surface area contributed by atoms with E-state index in [9.17, 15) is 14.7 Å². The number of amides is 1. The third-order valence-electron chi connectivity index (χ3n) is 3.28. The fourth-order valence-corrected chi connectivity index (χ4v) is 2.42. The number of carbonyl (C=O) groups is 2. The standard InChI is InChI=1S/C17H22N2O4/c1-17(2,3)23-16(22)19-12(9-15(20)21)8-11-10-18-14-7-5-4-6-13(11)14/h4-7,10,12,18H,8-9H2,1-3H3,(H,19,22)(H,20,21)/p-1/t12-/m0/s1. The van der Waals surface area contributed by atoms with E-state index in [1.807, 2.05) is 30.5 Å². The summed E-state index contributed by atoms with van der Waals surface area (Å²) in [6.07, 6.45) is 1.28. The molecule has 2 N–H and O–H groups in total. The van der Waals surface area contributed by atoms with E-state index in [2.05, 4.69) is 10.3 Å². The lowest BCUT2D eigenvalue weighted by Crippen LogP contribution is -2.43. The number of fused-ring (bicyclic) bond motifs is 1. The summed E-state index contributed by atoms with van der Waals surface area (Å²) in [5, 5.41) is 14.6. The number of hydrogen-bond acceptors (Lipinski definition) is 4. The third kappa shape index (κ3) is 5.02. The highest BCUT2D eigenvalue weighted by Gasteiger charge is 2.20. The molecular formula is C17H21N2O4-. The topological polar surface area (TPSA) is 94.2 Å². The molecule has 0 aliphatic carbocycles. The van der Waals surface area contributed by atoms with Crippen LogP contribution in [0.4, 0.5) is 4.79 Å². The van der Waals surface area contributed by atoms with Gasteiger partial charge in [0.15, 0.2) is 0 Å². The number of aromatic amines is 1. The van der Waals surface area contributed by atoms with Gasteiger partial charge >= 0.3 is 6.09 Å². The first-order valence-electron chi connectivity index (χ1n) is 7.49. The van der Waals surface area contributed by atoms with E-state index in [1.54, 1.807) is 20.8 Å². The Balaban J connectivity index is 2.12. The van der Waals surface area contributed by atoms with E-state index in [1.165, 1.54) is 0 Å². The first kappa shape index (κ1) is 16.9. The number of ether oxygens (including phenoxy) is 1. The maximum atomic E-state index is 11.9. The van der Waals surface area contributed by atoms with Gasteiger partial charge in [0.2, 0.25) is 0 Å². The van der Waals surface area contributed by atoms with Crippen molar-refractivity contribution < 1.29 is 19.4 Å². The maximum Gasteiger partial charge on any atom is 0.407 e. The first-order valence-corrected chi connectivity index (χ1v) is 7.49. The van der Waals surface area contributed by atoms with Crippen molar-refractivity contribution in [2.24, 2.45) is 0 Å². The second-order valence-electron chi connectivity index (χ2n) is 6.48. The number of aliphatic carboxylic acids is 1. The van der Waals surface area contributed by atoms with E-state index in [0.29, 0.717) is 6.42 Å². The van der Waals surface area contributed by atoms with Gasteiger partial charge in [-0.1, -0.05) is 18.2 Å². The predicted molar refractivity (Wildman–Crippen MR) is 84.8 cm³/mol. The molecular weight excluding hydrogens is 296 g/mol. The third-order valence-corrected chi connectivity index (χ3v) is 3.28. The maximum absolute atomic E-state index is 11.9. The van der Waals surface area contributed by atoms with Gasteiger partial charge < -0.3 is 24.9 Å². The molecule has 2 rings (SSSR count). The molecule has 6 heteroatoms. The lowest BCUT2D eigenvalue weighted by atomic mass is 10.0. The molecule has 23 heavy (non-hydrogen) atoms. The van der Waals surface area contributed by atoms with Gasteiger partial charge in [0.05, 0.1) is 0 Å². The summed E-state index contributed by atoms with van der Waals surface area (Å²) in [6.45, 7) is 5.25. The molecule has 1 amide bonds. The summed E-state index contributed by atoms with van der Waals surface area (Å²) in [4.78, 5) is 26.0. The van der Waals surface area contributed by atoms with Crippen LogP contribution in [0, 0.1) is 0 Å². The normalized spacial score (nSPS) is 12.8. The monoisotopic (exact) mass is 317 g/mol. The van der Waals surface area contributed by atoms with Crippen LogP contribution < -0.4 is 10.4 Å². The molecule has 0 aliphatic heterocycles. The molecule has 6 nitrogen and oxygen atoms in total. The van der Waals surface area contributed by atoms with Gasteiger partial charge in [-0.15, -0.1) is 0 Å². The van der Waals surface area contributed by atoms with Gasteiger partial charge in [-0.25, -0.2) is 4.79 Å². The first-order chi connectivity index (χ1) is 10.7. The van der Waals surface area contributed by atoms with Gasteiger partial charge in [-0.05, 0) is 38.8 Å². The van der Waals surface area contributed by atoms with Crippen molar-refractivity contribution >= 4 is 23.0 Å². The van der Waals surface area contributed by atoms with E-state index >= 15 is 0 Å². The van der Waals surface area contributed by atoms with E-state index < -0.39 is 23.7 Å². The van der Waals surface area contributed by atoms with Crippen LogP contribution in [0.2, 0.25) is 0 Å². The van der Waals surface area contributed by atoms with Gasteiger partial charge in [0.25, 0.3) is 0 Å². The van der Waals surface area contributed by atoms with Crippen LogP contribution in [0.15, 0.2) is 30.5 Å². The largest absolute Gasteiger partial charge is 0.550 e. The van der Waals surface area contributed by atoms with Crippen LogP contribution >= 0.6 is 0 Å². The predicted octanol–water partition coefficient (Wildman–Crippen LogP) is 1.74. The Hall–Kier alpha value is -2.50. The van der Waals surface area contributed by atoms with Crippen molar-refractivity contribution in [2.75, 3.05) is 0 Å². The lowest BCUT2D eigenvalue weighted by molar-refractivity contribution is -0.306. The molecule has 124 valence electrons. The summed E-state index contributed by atoms with van der Waals surface area (Å²) in [5.41, 5.74) is 1.26. The summed E-state index contributed by atoms with van der Waals surface area (Å²) < 4.78 is 5.19. The number of benzene rings is 1. The van der Waals surface area contributed by atoms with Crippen molar-refractivity contribution in [1.29, 1.82) is 0 Å². The average Bonchev–Trinajstić information content (AvgIpc) is 2.79. The van der Waals surface area contributed by atoms with Crippen molar-refractivity contribution in [3.63, 3.8) is 0 Å². The highest BCUT2D eigenvalue weighted by Crippen LogP contribution is 2.20. The number of rotatable bonds is 5. The van der Waals surface area contributed by atoms with Crippen LogP contribution in [-0.4, -0.2) is 28.7 Å². The second kappa shape index (κ2) is 6.73. The van der Waals surface area contributed by atoms with Gasteiger partial charge in [0.1, 0.15) is 5.60 Å². The zero-order chi connectivity index (χ0) is 17.0. The van der Waals surface area contributed by atoms with Crippen molar-refractivity contribution in [3.8, 4) is 0 Å². The van der Waals surface area contributed by atoms with Crippen LogP contribution in [0.3, 0.4) is 0 Å². The Morgan fingerprint density at radius 2 is 2.00 bits per heavy atom. The molecule has 0 fully saturated rings. The molecule has 0 aliphatic rings. The van der Waals surface area contributed by atoms with Crippen molar-refractivity contribution in [3.05, 3.63) is 36.0 Å². The SMILES string of the molecule is CC(C)(C)OC(=O)N[C@H](CC(=O)[O-])Cc1c[nH]c2ccccc12. The molecule has 2 aromatic rings. The Labute approximate surface area is 134 Å². The number of alkyl carbamates (subject to hydrolysis) is 1. The molecule has 1 aromatic carbocycles. The molecule has 1 heterocycles.